The summed E-state index contributed by atoms with van der Waals surface area (Å²) >= 11 is 0. The maximum atomic E-state index is 11.6. The van der Waals surface area contributed by atoms with Crippen LogP contribution in [0.2, 0.25) is 0 Å². The maximum Gasteiger partial charge on any atom is 0.337 e. The number of aromatic nitrogens is 2. The van der Waals surface area contributed by atoms with Gasteiger partial charge in [-0.05, 0) is 42.8 Å². The van der Waals surface area contributed by atoms with Gasteiger partial charge >= 0.3 is 5.97 Å². The van der Waals surface area contributed by atoms with E-state index in [1.807, 2.05) is 31.2 Å². The van der Waals surface area contributed by atoms with E-state index >= 15 is 0 Å². The second kappa shape index (κ2) is 7.49. The minimum absolute atomic E-state index is 0.371. The van der Waals surface area contributed by atoms with Crippen molar-refractivity contribution in [1.82, 2.24) is 9.97 Å². The lowest BCUT2D eigenvalue weighted by molar-refractivity contribution is 0.0601. The third-order valence-corrected chi connectivity index (χ3v) is 3.86. The Morgan fingerprint density at radius 1 is 1.04 bits per heavy atom. The van der Waals surface area contributed by atoms with Crippen molar-refractivity contribution in [3.63, 3.8) is 0 Å². The molecular formula is C21H17N3O2. The lowest BCUT2D eigenvalue weighted by Gasteiger charge is -2.07. The Balaban J connectivity index is 2.00. The molecular weight excluding hydrogens is 326 g/mol. The first-order valence-electron chi connectivity index (χ1n) is 7.96. The van der Waals surface area contributed by atoms with Crippen molar-refractivity contribution >= 4 is 11.8 Å². The van der Waals surface area contributed by atoms with Crippen LogP contribution >= 0.6 is 0 Å². The van der Waals surface area contributed by atoms with Gasteiger partial charge in [0.15, 0.2) is 0 Å². The molecule has 1 aromatic carbocycles. The number of hydrogen-bond donors (Lipinski definition) is 1. The van der Waals surface area contributed by atoms with Crippen LogP contribution in [0, 0.1) is 18.8 Å². The first-order valence-corrected chi connectivity index (χ1v) is 7.96. The van der Waals surface area contributed by atoms with Crippen molar-refractivity contribution in [2.45, 2.75) is 6.92 Å². The molecule has 0 saturated carbocycles. The Kier molecular flexibility index (Phi) is 4.95. The lowest BCUT2D eigenvalue weighted by Crippen LogP contribution is -2.00. The highest BCUT2D eigenvalue weighted by Crippen LogP contribution is 2.24. The number of nitrogens with two attached hydrogens (primary N) is 1. The van der Waals surface area contributed by atoms with Gasteiger partial charge in [0.1, 0.15) is 5.82 Å². The molecule has 0 radical (unpaired) electrons. The van der Waals surface area contributed by atoms with E-state index in [-0.39, 0.29) is 5.97 Å². The molecule has 0 unspecified atom stereocenters. The predicted molar refractivity (Wildman–Crippen MR) is 100 cm³/mol. The van der Waals surface area contributed by atoms with Crippen molar-refractivity contribution in [3.8, 4) is 23.1 Å². The molecule has 0 saturated heterocycles. The molecule has 3 aromatic rings. The molecule has 2 heterocycles. The number of nitrogens with zero attached hydrogens (tertiary/aromatic N) is 2. The first-order chi connectivity index (χ1) is 12.6. The lowest BCUT2D eigenvalue weighted by atomic mass is 10.0. The zero-order valence-corrected chi connectivity index (χ0v) is 14.5. The van der Waals surface area contributed by atoms with Gasteiger partial charge in [-0.3, -0.25) is 4.98 Å². The molecule has 3 rings (SSSR count). The molecule has 0 bridgehead atoms. The second-order valence-electron chi connectivity index (χ2n) is 5.64. The standard InChI is InChI=1S/C21H17N3O2/c1-14-11-12-23-20(16-5-7-17(8-6-16)21(25)26-2)18(14)9-3-15-4-10-19(22)24-13-15/h4-8,10-13H,1-2H3,(H2,22,24). The van der Waals surface area contributed by atoms with Crippen LogP contribution in [-0.4, -0.2) is 23.0 Å². The van der Waals surface area contributed by atoms with E-state index in [0.717, 1.165) is 27.9 Å². The van der Waals surface area contributed by atoms with Crippen LogP contribution in [0.25, 0.3) is 11.3 Å². The van der Waals surface area contributed by atoms with Gasteiger partial charge in [-0.1, -0.05) is 24.0 Å². The average Bonchev–Trinajstić information content (AvgIpc) is 2.67. The fraction of sp³-hybridized carbons (Fsp3) is 0.0952. The topological polar surface area (TPSA) is 78.1 Å². The summed E-state index contributed by atoms with van der Waals surface area (Å²) in [7, 11) is 1.36. The number of carbonyl (C=O) groups is 1. The summed E-state index contributed by atoms with van der Waals surface area (Å²) in [6.07, 6.45) is 3.38. The van der Waals surface area contributed by atoms with E-state index in [2.05, 4.69) is 21.8 Å². The highest BCUT2D eigenvalue weighted by molar-refractivity contribution is 5.90. The smallest absolute Gasteiger partial charge is 0.337 e. The van der Waals surface area contributed by atoms with E-state index in [1.54, 1.807) is 30.6 Å². The SMILES string of the molecule is COC(=O)c1ccc(-c2nccc(C)c2C#Cc2ccc(N)nc2)cc1. The molecule has 0 aliphatic rings. The number of carbonyl (C=O) groups excluding carboxylic acids is 1. The van der Waals surface area contributed by atoms with Crippen molar-refractivity contribution in [2.75, 3.05) is 12.8 Å². The quantitative estimate of drug-likeness (QED) is 0.571. The number of esters is 1. The van der Waals surface area contributed by atoms with E-state index in [0.29, 0.717) is 11.4 Å². The number of nitrogen functional groups attached to an aromatic ring is 1. The Morgan fingerprint density at radius 3 is 2.46 bits per heavy atom. The third kappa shape index (κ3) is 3.70. The minimum atomic E-state index is -0.371. The fourth-order valence-electron chi connectivity index (χ4n) is 2.43. The third-order valence-electron chi connectivity index (χ3n) is 3.86. The van der Waals surface area contributed by atoms with Gasteiger partial charge in [0, 0.05) is 23.5 Å². The van der Waals surface area contributed by atoms with Crippen LogP contribution in [0.5, 0.6) is 0 Å². The number of aryl methyl sites for hydroxylation is 1. The van der Waals surface area contributed by atoms with E-state index in [1.165, 1.54) is 7.11 Å². The predicted octanol–water partition coefficient (Wildman–Crippen LogP) is 3.22. The summed E-state index contributed by atoms with van der Waals surface area (Å²) in [4.78, 5) is 20.1. The molecule has 0 spiro atoms. The van der Waals surface area contributed by atoms with Crippen LogP contribution in [0.15, 0.2) is 54.9 Å². The molecule has 2 N–H and O–H groups in total. The highest BCUT2D eigenvalue weighted by atomic mass is 16.5. The summed E-state index contributed by atoms with van der Waals surface area (Å²) in [6.45, 7) is 1.99. The van der Waals surface area contributed by atoms with Crippen molar-refractivity contribution in [2.24, 2.45) is 0 Å². The maximum absolute atomic E-state index is 11.6. The van der Waals surface area contributed by atoms with Crippen molar-refractivity contribution < 1.29 is 9.53 Å². The van der Waals surface area contributed by atoms with E-state index in [4.69, 9.17) is 10.5 Å². The van der Waals surface area contributed by atoms with Gasteiger partial charge in [0.2, 0.25) is 0 Å². The van der Waals surface area contributed by atoms with Gasteiger partial charge in [-0.25, -0.2) is 9.78 Å². The number of methoxy groups -OCH3 is 1. The van der Waals surface area contributed by atoms with Gasteiger partial charge in [0.25, 0.3) is 0 Å². The molecule has 0 fully saturated rings. The Bertz CT molecular complexity index is 998. The van der Waals surface area contributed by atoms with E-state index in [9.17, 15) is 4.79 Å². The largest absolute Gasteiger partial charge is 0.465 e. The number of hydrogen-bond acceptors (Lipinski definition) is 5. The monoisotopic (exact) mass is 343 g/mol. The molecule has 26 heavy (non-hydrogen) atoms. The second-order valence-corrected chi connectivity index (χ2v) is 5.64. The summed E-state index contributed by atoms with van der Waals surface area (Å²) in [6, 6.07) is 12.6. The molecule has 2 aromatic heterocycles. The number of rotatable bonds is 2. The van der Waals surface area contributed by atoms with Crippen LogP contribution in [0.3, 0.4) is 0 Å². The Labute approximate surface area is 151 Å². The van der Waals surface area contributed by atoms with Crippen molar-refractivity contribution in [1.29, 1.82) is 0 Å². The van der Waals surface area contributed by atoms with Gasteiger partial charge in [-0.2, -0.15) is 0 Å². The molecule has 128 valence electrons. The summed E-state index contributed by atoms with van der Waals surface area (Å²) in [5.41, 5.74) is 10.3. The summed E-state index contributed by atoms with van der Waals surface area (Å²) in [5, 5.41) is 0. The van der Waals surface area contributed by atoms with Crippen LogP contribution in [0.1, 0.15) is 27.0 Å². The van der Waals surface area contributed by atoms with Crippen molar-refractivity contribution in [3.05, 3.63) is 77.1 Å². The number of benzene rings is 1. The molecule has 0 aliphatic heterocycles. The number of anilines is 1. The molecule has 5 nitrogen and oxygen atoms in total. The van der Waals surface area contributed by atoms with Crippen LogP contribution in [-0.2, 0) is 4.74 Å². The normalized spacial score (nSPS) is 9.92. The van der Waals surface area contributed by atoms with Crippen LogP contribution < -0.4 is 5.73 Å². The molecule has 0 atom stereocenters. The van der Waals surface area contributed by atoms with Gasteiger partial charge in [0.05, 0.1) is 23.9 Å². The van der Waals surface area contributed by atoms with Crippen LogP contribution in [0.4, 0.5) is 5.82 Å². The fourth-order valence-corrected chi connectivity index (χ4v) is 2.43. The Hall–Kier alpha value is -3.65. The molecule has 5 heteroatoms. The first kappa shape index (κ1) is 17.2. The zero-order chi connectivity index (χ0) is 18.5. The highest BCUT2D eigenvalue weighted by Gasteiger charge is 2.10. The zero-order valence-electron chi connectivity index (χ0n) is 14.5. The van der Waals surface area contributed by atoms with E-state index < -0.39 is 0 Å². The van der Waals surface area contributed by atoms with Gasteiger partial charge < -0.3 is 10.5 Å². The molecule has 0 aliphatic carbocycles. The summed E-state index contributed by atoms with van der Waals surface area (Å²) in [5.74, 6) is 6.36. The number of ether oxygens (including phenoxy) is 1. The minimum Gasteiger partial charge on any atom is -0.465 e. The van der Waals surface area contributed by atoms with Gasteiger partial charge in [-0.15, -0.1) is 0 Å². The average molecular weight is 343 g/mol. The molecule has 0 amide bonds. The Morgan fingerprint density at radius 2 is 1.81 bits per heavy atom. The summed E-state index contributed by atoms with van der Waals surface area (Å²) < 4.78 is 4.73. The number of pyridine rings is 2.